The summed E-state index contributed by atoms with van der Waals surface area (Å²) < 4.78 is 10.6. The Morgan fingerprint density at radius 1 is 1.04 bits per heavy atom. The molecule has 1 aliphatic heterocycles. The molecule has 1 aliphatic rings. The molecule has 0 saturated carbocycles. The van der Waals surface area contributed by atoms with E-state index in [0.717, 1.165) is 38.5 Å². The fraction of sp³-hybridized carbons (Fsp3) is 0.368. The van der Waals surface area contributed by atoms with Gasteiger partial charge in [-0.1, -0.05) is 24.3 Å². The van der Waals surface area contributed by atoms with Gasteiger partial charge in [0, 0.05) is 38.1 Å². The molecule has 1 saturated heterocycles. The summed E-state index contributed by atoms with van der Waals surface area (Å²) in [6.45, 7) is 5.06. The van der Waals surface area contributed by atoms with Gasteiger partial charge in [0.05, 0.1) is 19.8 Å². The highest BCUT2D eigenvalue weighted by Gasteiger charge is 2.10. The molecule has 0 spiro atoms. The molecule has 0 atom stereocenters. The minimum Gasteiger partial charge on any atom is -0.381 e. The monoisotopic (exact) mass is 312 g/mol. The minimum absolute atomic E-state index is 0.643. The van der Waals surface area contributed by atoms with Crippen molar-refractivity contribution >= 4 is 11.4 Å². The van der Waals surface area contributed by atoms with Crippen LogP contribution in [-0.2, 0) is 22.6 Å². The first-order chi connectivity index (χ1) is 11.3. The van der Waals surface area contributed by atoms with Crippen molar-refractivity contribution in [2.45, 2.75) is 13.2 Å². The van der Waals surface area contributed by atoms with Gasteiger partial charge >= 0.3 is 0 Å². The van der Waals surface area contributed by atoms with Crippen LogP contribution in [0.2, 0.25) is 0 Å². The Labute approximate surface area is 138 Å². The number of hydrogen-bond acceptors (Lipinski definition) is 4. The molecule has 0 aliphatic carbocycles. The number of rotatable bonds is 6. The van der Waals surface area contributed by atoms with Crippen molar-refractivity contribution < 1.29 is 9.47 Å². The average Bonchev–Trinajstić information content (AvgIpc) is 2.62. The zero-order valence-corrected chi connectivity index (χ0v) is 13.6. The smallest absolute Gasteiger partial charge is 0.0713 e. The summed E-state index contributed by atoms with van der Waals surface area (Å²) in [7, 11) is 1.72. The molecule has 0 bridgehead atoms. The van der Waals surface area contributed by atoms with Gasteiger partial charge in [0.1, 0.15) is 0 Å². The van der Waals surface area contributed by atoms with Gasteiger partial charge in [0.25, 0.3) is 0 Å². The SMILES string of the molecule is COCc1cccc(NCc2ccc(N3CCOCC3)cc2)c1. The van der Waals surface area contributed by atoms with Gasteiger partial charge in [-0.15, -0.1) is 0 Å². The largest absolute Gasteiger partial charge is 0.381 e. The number of methoxy groups -OCH3 is 1. The van der Waals surface area contributed by atoms with Gasteiger partial charge in [-0.25, -0.2) is 0 Å². The first-order valence-electron chi connectivity index (χ1n) is 8.08. The van der Waals surface area contributed by atoms with Crippen LogP contribution >= 0.6 is 0 Å². The second kappa shape index (κ2) is 7.99. The molecule has 0 aromatic heterocycles. The van der Waals surface area contributed by atoms with E-state index in [0.29, 0.717) is 6.61 Å². The average molecular weight is 312 g/mol. The number of hydrogen-bond donors (Lipinski definition) is 1. The lowest BCUT2D eigenvalue weighted by Crippen LogP contribution is -2.36. The number of ether oxygens (including phenoxy) is 2. The number of nitrogens with zero attached hydrogens (tertiary/aromatic N) is 1. The van der Waals surface area contributed by atoms with E-state index in [4.69, 9.17) is 9.47 Å². The summed E-state index contributed by atoms with van der Waals surface area (Å²) in [4.78, 5) is 2.37. The zero-order valence-electron chi connectivity index (χ0n) is 13.6. The standard InChI is InChI=1S/C19H24N2O2/c1-22-15-17-3-2-4-18(13-17)20-14-16-5-7-19(8-6-16)21-9-11-23-12-10-21/h2-8,13,20H,9-12,14-15H2,1H3. The van der Waals surface area contributed by atoms with Crippen LogP contribution in [0.4, 0.5) is 11.4 Å². The summed E-state index contributed by atoms with van der Waals surface area (Å²) in [5.41, 5.74) is 4.86. The molecular formula is C19H24N2O2. The molecular weight excluding hydrogens is 288 g/mol. The van der Waals surface area contributed by atoms with Crippen molar-refractivity contribution in [2.24, 2.45) is 0 Å². The van der Waals surface area contributed by atoms with Crippen molar-refractivity contribution in [1.82, 2.24) is 0 Å². The highest BCUT2D eigenvalue weighted by atomic mass is 16.5. The maximum absolute atomic E-state index is 5.40. The molecule has 2 aromatic rings. The predicted octanol–water partition coefficient (Wildman–Crippen LogP) is 3.28. The van der Waals surface area contributed by atoms with Crippen molar-refractivity contribution in [3.05, 3.63) is 59.7 Å². The van der Waals surface area contributed by atoms with E-state index in [1.165, 1.54) is 16.8 Å². The third-order valence-electron chi connectivity index (χ3n) is 4.05. The maximum Gasteiger partial charge on any atom is 0.0713 e. The zero-order chi connectivity index (χ0) is 15.9. The molecule has 0 amide bonds. The Morgan fingerprint density at radius 3 is 2.57 bits per heavy atom. The summed E-state index contributed by atoms with van der Waals surface area (Å²) in [6.07, 6.45) is 0. The molecule has 1 heterocycles. The van der Waals surface area contributed by atoms with Crippen LogP contribution in [0.25, 0.3) is 0 Å². The number of anilines is 2. The molecule has 4 heteroatoms. The van der Waals surface area contributed by atoms with E-state index in [9.17, 15) is 0 Å². The van der Waals surface area contributed by atoms with Crippen LogP contribution in [0.15, 0.2) is 48.5 Å². The second-order valence-electron chi connectivity index (χ2n) is 5.75. The van der Waals surface area contributed by atoms with Crippen LogP contribution in [0.3, 0.4) is 0 Å². The summed E-state index contributed by atoms with van der Waals surface area (Å²) in [6, 6.07) is 17.1. The van der Waals surface area contributed by atoms with Crippen LogP contribution in [0.5, 0.6) is 0 Å². The highest BCUT2D eigenvalue weighted by Crippen LogP contribution is 2.18. The Bertz CT molecular complexity index is 607. The van der Waals surface area contributed by atoms with E-state index in [-0.39, 0.29) is 0 Å². The normalized spacial score (nSPS) is 14.7. The molecule has 122 valence electrons. The highest BCUT2D eigenvalue weighted by molar-refractivity contribution is 5.50. The van der Waals surface area contributed by atoms with Crippen LogP contribution < -0.4 is 10.2 Å². The lowest BCUT2D eigenvalue weighted by atomic mass is 10.1. The maximum atomic E-state index is 5.40. The Hall–Kier alpha value is -2.04. The van der Waals surface area contributed by atoms with E-state index in [2.05, 4.69) is 58.7 Å². The van der Waals surface area contributed by atoms with E-state index in [1.807, 2.05) is 0 Å². The first kappa shape index (κ1) is 15.8. The van der Waals surface area contributed by atoms with Crippen molar-refractivity contribution in [3.63, 3.8) is 0 Å². The number of morpholine rings is 1. The Morgan fingerprint density at radius 2 is 1.83 bits per heavy atom. The van der Waals surface area contributed by atoms with Crippen molar-refractivity contribution in [2.75, 3.05) is 43.6 Å². The molecule has 0 unspecified atom stereocenters. The second-order valence-corrected chi connectivity index (χ2v) is 5.75. The molecule has 3 rings (SSSR count). The minimum atomic E-state index is 0.643. The molecule has 4 nitrogen and oxygen atoms in total. The Balaban J connectivity index is 1.57. The molecule has 1 fully saturated rings. The lowest BCUT2D eigenvalue weighted by molar-refractivity contribution is 0.122. The van der Waals surface area contributed by atoms with Crippen molar-refractivity contribution in [1.29, 1.82) is 0 Å². The van der Waals surface area contributed by atoms with E-state index >= 15 is 0 Å². The number of benzene rings is 2. The Kier molecular flexibility index (Phi) is 5.51. The fourth-order valence-electron chi connectivity index (χ4n) is 2.79. The van der Waals surface area contributed by atoms with Crippen LogP contribution in [0.1, 0.15) is 11.1 Å². The summed E-state index contributed by atoms with van der Waals surface area (Å²) in [5, 5.41) is 3.47. The van der Waals surface area contributed by atoms with Crippen molar-refractivity contribution in [3.8, 4) is 0 Å². The number of nitrogens with one attached hydrogen (secondary N) is 1. The van der Waals surface area contributed by atoms with Gasteiger partial charge < -0.3 is 19.7 Å². The van der Waals surface area contributed by atoms with Gasteiger partial charge in [-0.3, -0.25) is 0 Å². The fourth-order valence-corrected chi connectivity index (χ4v) is 2.79. The molecule has 1 N–H and O–H groups in total. The first-order valence-corrected chi connectivity index (χ1v) is 8.08. The van der Waals surface area contributed by atoms with Gasteiger partial charge in [0.2, 0.25) is 0 Å². The van der Waals surface area contributed by atoms with E-state index in [1.54, 1.807) is 7.11 Å². The molecule has 2 aromatic carbocycles. The van der Waals surface area contributed by atoms with Gasteiger partial charge in [-0.2, -0.15) is 0 Å². The van der Waals surface area contributed by atoms with Gasteiger partial charge in [0.15, 0.2) is 0 Å². The van der Waals surface area contributed by atoms with Gasteiger partial charge in [-0.05, 0) is 35.4 Å². The molecule has 0 radical (unpaired) electrons. The summed E-state index contributed by atoms with van der Waals surface area (Å²) >= 11 is 0. The molecule has 23 heavy (non-hydrogen) atoms. The van der Waals surface area contributed by atoms with Crippen LogP contribution in [0, 0.1) is 0 Å². The van der Waals surface area contributed by atoms with E-state index < -0.39 is 0 Å². The quantitative estimate of drug-likeness (QED) is 0.887. The lowest BCUT2D eigenvalue weighted by Gasteiger charge is -2.28. The third kappa shape index (κ3) is 4.47. The third-order valence-corrected chi connectivity index (χ3v) is 4.05. The summed E-state index contributed by atoms with van der Waals surface area (Å²) in [5.74, 6) is 0. The predicted molar refractivity (Wildman–Crippen MR) is 94.0 cm³/mol. The topological polar surface area (TPSA) is 33.7 Å². The van der Waals surface area contributed by atoms with Crippen LogP contribution in [-0.4, -0.2) is 33.4 Å².